The Bertz CT molecular complexity index is 688. The summed E-state index contributed by atoms with van der Waals surface area (Å²) in [5, 5.41) is 17.1. The molecule has 0 aromatic rings. The molecule has 0 spiro atoms. The van der Waals surface area contributed by atoms with Crippen LogP contribution in [0.3, 0.4) is 0 Å². The van der Waals surface area contributed by atoms with Gasteiger partial charge in [0.1, 0.15) is 18.1 Å². The average molecular weight is 490 g/mol. The lowest BCUT2D eigenvalue weighted by molar-refractivity contribution is -0.143. The van der Waals surface area contributed by atoms with Crippen molar-refractivity contribution in [2.75, 3.05) is 18.6 Å². The molecular formula is C20H39N7O5S. The summed E-state index contributed by atoms with van der Waals surface area (Å²) in [6.07, 6.45) is 3.42. The molecule has 5 unspecified atom stereocenters. The normalized spacial score (nSPS) is 15.3. The molecular weight excluding hydrogens is 450 g/mol. The predicted octanol–water partition coefficient (Wildman–Crippen LogP) is -1.27. The van der Waals surface area contributed by atoms with E-state index in [1.807, 2.05) is 13.2 Å². The fraction of sp³-hybridized carbons (Fsp3) is 0.750. The topological polar surface area (TPSA) is 215 Å². The molecule has 0 saturated carbocycles. The van der Waals surface area contributed by atoms with E-state index in [2.05, 4.69) is 20.9 Å². The largest absolute Gasteiger partial charge is 0.480 e. The minimum Gasteiger partial charge on any atom is -0.480 e. The standard InChI is InChI=1S/C20H39N7O5S/c1-5-11(2)15(19(31)32)27-18(30)14(7-6-9-24-20(22)23)26-16(28)12(3)25-17(29)13(21)8-10-33-4/h11-15H,5-10,21H2,1-4H3,(H,25,29)(H,26,28)(H,27,30)(H,31,32)(H4,22,23,24). The van der Waals surface area contributed by atoms with Crippen LogP contribution in [0.4, 0.5) is 0 Å². The van der Waals surface area contributed by atoms with Crippen LogP contribution < -0.4 is 33.2 Å². The number of hydrogen-bond acceptors (Lipinski definition) is 7. The summed E-state index contributed by atoms with van der Waals surface area (Å²) in [5.74, 6) is -2.59. The number of carboxylic acids is 1. The lowest BCUT2D eigenvalue weighted by atomic mass is 9.98. The maximum atomic E-state index is 12.8. The predicted molar refractivity (Wildman–Crippen MR) is 129 cm³/mol. The van der Waals surface area contributed by atoms with E-state index in [1.165, 1.54) is 6.92 Å². The van der Waals surface area contributed by atoms with Gasteiger partial charge in [-0.2, -0.15) is 11.8 Å². The first-order valence-corrected chi connectivity index (χ1v) is 12.3. The van der Waals surface area contributed by atoms with Gasteiger partial charge in [-0.1, -0.05) is 20.3 Å². The van der Waals surface area contributed by atoms with E-state index in [1.54, 1.807) is 18.7 Å². The van der Waals surface area contributed by atoms with Gasteiger partial charge in [0.25, 0.3) is 0 Å². The number of amides is 3. The number of nitrogens with two attached hydrogens (primary N) is 3. The maximum Gasteiger partial charge on any atom is 0.326 e. The van der Waals surface area contributed by atoms with Crippen LogP contribution in [0.15, 0.2) is 4.99 Å². The monoisotopic (exact) mass is 489 g/mol. The first-order valence-electron chi connectivity index (χ1n) is 10.9. The van der Waals surface area contributed by atoms with Crippen LogP contribution in [0.5, 0.6) is 0 Å². The van der Waals surface area contributed by atoms with Crippen molar-refractivity contribution >= 4 is 41.4 Å². The van der Waals surface area contributed by atoms with Crippen LogP contribution in [0.25, 0.3) is 0 Å². The Morgan fingerprint density at radius 3 is 2.15 bits per heavy atom. The van der Waals surface area contributed by atoms with Crippen LogP contribution in [0, 0.1) is 5.92 Å². The Kier molecular flexibility index (Phi) is 14.9. The summed E-state index contributed by atoms with van der Waals surface area (Å²) >= 11 is 1.56. The van der Waals surface area contributed by atoms with E-state index in [-0.39, 0.29) is 24.8 Å². The van der Waals surface area contributed by atoms with Crippen molar-refractivity contribution in [1.82, 2.24) is 16.0 Å². The second-order valence-corrected chi connectivity index (χ2v) is 8.82. The molecule has 10 N–H and O–H groups in total. The number of nitrogens with one attached hydrogen (secondary N) is 3. The molecule has 0 radical (unpaired) electrons. The van der Waals surface area contributed by atoms with Crippen LogP contribution in [-0.2, 0) is 19.2 Å². The number of carboxylic acid groups (broad SMARTS) is 1. The molecule has 0 bridgehead atoms. The van der Waals surface area contributed by atoms with E-state index >= 15 is 0 Å². The smallest absolute Gasteiger partial charge is 0.326 e. The SMILES string of the molecule is CCC(C)C(NC(=O)C(CCCN=C(N)N)NC(=O)C(C)NC(=O)C(N)CCSC)C(=O)O. The number of carbonyl (C=O) groups excluding carboxylic acids is 3. The highest BCUT2D eigenvalue weighted by atomic mass is 32.2. The van der Waals surface area contributed by atoms with E-state index in [4.69, 9.17) is 17.2 Å². The van der Waals surface area contributed by atoms with Gasteiger partial charge in [-0.25, -0.2) is 4.79 Å². The first kappa shape index (κ1) is 30.5. The third-order valence-corrected chi connectivity index (χ3v) is 5.72. The first-order chi connectivity index (χ1) is 15.4. The van der Waals surface area contributed by atoms with Gasteiger partial charge in [0.15, 0.2) is 5.96 Å². The number of aliphatic imine (C=N–C) groups is 1. The van der Waals surface area contributed by atoms with Crippen LogP contribution >= 0.6 is 11.8 Å². The molecule has 33 heavy (non-hydrogen) atoms. The van der Waals surface area contributed by atoms with Crippen LogP contribution in [0.2, 0.25) is 0 Å². The molecule has 0 fully saturated rings. The zero-order chi connectivity index (χ0) is 25.6. The highest BCUT2D eigenvalue weighted by Gasteiger charge is 2.30. The molecule has 0 heterocycles. The summed E-state index contributed by atoms with van der Waals surface area (Å²) in [6.45, 7) is 5.23. The quantitative estimate of drug-likeness (QED) is 0.0779. The Morgan fingerprint density at radius 1 is 1.00 bits per heavy atom. The molecule has 0 aliphatic heterocycles. The van der Waals surface area contributed by atoms with Crippen LogP contribution in [-0.4, -0.2) is 77.5 Å². The van der Waals surface area contributed by atoms with Gasteiger partial charge in [-0.15, -0.1) is 0 Å². The molecule has 0 saturated heterocycles. The minimum absolute atomic E-state index is 0.100. The van der Waals surface area contributed by atoms with Gasteiger partial charge in [0, 0.05) is 6.54 Å². The van der Waals surface area contributed by atoms with Crippen LogP contribution in [0.1, 0.15) is 46.5 Å². The van der Waals surface area contributed by atoms with E-state index in [0.29, 0.717) is 25.0 Å². The van der Waals surface area contributed by atoms with Gasteiger partial charge in [0.2, 0.25) is 17.7 Å². The fourth-order valence-corrected chi connectivity index (χ4v) is 3.26. The summed E-state index contributed by atoms with van der Waals surface area (Å²) in [5.41, 5.74) is 16.4. The highest BCUT2D eigenvalue weighted by Crippen LogP contribution is 2.09. The van der Waals surface area contributed by atoms with E-state index < -0.39 is 47.9 Å². The molecule has 0 aliphatic rings. The zero-order valence-electron chi connectivity index (χ0n) is 19.8. The van der Waals surface area contributed by atoms with Crippen molar-refractivity contribution in [3.63, 3.8) is 0 Å². The lowest BCUT2D eigenvalue weighted by Crippen LogP contribution is -2.57. The molecule has 0 aromatic carbocycles. The van der Waals surface area contributed by atoms with Gasteiger partial charge in [-0.3, -0.25) is 19.4 Å². The Morgan fingerprint density at radius 2 is 1.64 bits per heavy atom. The van der Waals surface area contributed by atoms with Crippen molar-refractivity contribution in [3.05, 3.63) is 0 Å². The van der Waals surface area contributed by atoms with E-state index in [9.17, 15) is 24.3 Å². The molecule has 5 atom stereocenters. The third kappa shape index (κ3) is 12.3. The Labute approximate surface area is 199 Å². The van der Waals surface area contributed by atoms with Gasteiger partial charge in [0.05, 0.1) is 6.04 Å². The molecule has 190 valence electrons. The minimum atomic E-state index is -1.16. The summed E-state index contributed by atoms with van der Waals surface area (Å²) in [4.78, 5) is 53.1. The third-order valence-electron chi connectivity index (χ3n) is 5.08. The number of aliphatic carboxylic acids is 1. The molecule has 0 aromatic heterocycles. The van der Waals surface area contributed by atoms with E-state index in [0.717, 1.165) is 0 Å². The van der Waals surface area contributed by atoms with Crippen molar-refractivity contribution < 1.29 is 24.3 Å². The van der Waals surface area contributed by atoms with Gasteiger partial charge >= 0.3 is 5.97 Å². The van der Waals surface area contributed by atoms with Crippen molar-refractivity contribution in [3.8, 4) is 0 Å². The summed E-state index contributed by atoms with van der Waals surface area (Å²) in [7, 11) is 0. The lowest BCUT2D eigenvalue weighted by Gasteiger charge is -2.25. The van der Waals surface area contributed by atoms with Gasteiger partial charge in [-0.05, 0) is 44.1 Å². The summed E-state index contributed by atoms with van der Waals surface area (Å²) < 4.78 is 0. The fourth-order valence-electron chi connectivity index (χ4n) is 2.77. The number of rotatable bonds is 16. The molecule has 0 rings (SSSR count). The second-order valence-electron chi connectivity index (χ2n) is 7.84. The average Bonchev–Trinajstić information content (AvgIpc) is 2.76. The molecule has 0 aliphatic carbocycles. The second kappa shape index (κ2) is 16.1. The Balaban J connectivity index is 5.25. The zero-order valence-corrected chi connectivity index (χ0v) is 20.6. The van der Waals surface area contributed by atoms with Crippen molar-refractivity contribution in [1.29, 1.82) is 0 Å². The van der Waals surface area contributed by atoms with Gasteiger partial charge < -0.3 is 38.3 Å². The number of thioether (sulfide) groups is 1. The molecule has 3 amide bonds. The maximum absolute atomic E-state index is 12.8. The van der Waals surface area contributed by atoms with Crippen molar-refractivity contribution in [2.45, 2.75) is 70.6 Å². The number of nitrogens with zero attached hydrogens (tertiary/aromatic N) is 1. The Hall–Kier alpha value is -2.54. The highest BCUT2D eigenvalue weighted by molar-refractivity contribution is 7.98. The molecule has 12 nitrogen and oxygen atoms in total. The summed E-state index contributed by atoms with van der Waals surface area (Å²) in [6, 6.07) is -3.85. The van der Waals surface area contributed by atoms with Crippen molar-refractivity contribution in [2.24, 2.45) is 28.1 Å². The number of carbonyl (C=O) groups is 4. The molecule has 13 heteroatoms. The number of hydrogen-bond donors (Lipinski definition) is 7. The number of guanidine groups is 1.